The van der Waals surface area contributed by atoms with E-state index in [0.29, 0.717) is 12.0 Å². The molecule has 0 radical (unpaired) electrons. The molecule has 1 aromatic heterocycles. The van der Waals surface area contributed by atoms with Gasteiger partial charge in [0.25, 0.3) is 0 Å². The third-order valence-electron chi connectivity index (χ3n) is 4.61. The molecule has 2 fully saturated rings. The van der Waals surface area contributed by atoms with Gasteiger partial charge in [-0.1, -0.05) is 13.3 Å². The third kappa shape index (κ3) is 1.97. The molecule has 1 aliphatic carbocycles. The molecular formula is C14H20N2OS. The highest BCUT2D eigenvalue weighted by molar-refractivity contribution is 7.07. The molecule has 18 heavy (non-hydrogen) atoms. The van der Waals surface area contributed by atoms with Gasteiger partial charge in [0, 0.05) is 6.54 Å². The first-order valence-corrected chi connectivity index (χ1v) is 7.73. The lowest BCUT2D eigenvalue weighted by Crippen LogP contribution is -2.44. The quantitative estimate of drug-likeness (QED) is 0.907. The van der Waals surface area contributed by atoms with Crippen molar-refractivity contribution in [1.29, 1.82) is 0 Å². The lowest BCUT2D eigenvalue weighted by atomic mass is 9.66. The monoisotopic (exact) mass is 264 g/mol. The Balaban J connectivity index is 1.77. The average Bonchev–Trinajstić information content (AvgIpc) is 2.94. The van der Waals surface area contributed by atoms with Gasteiger partial charge in [0.05, 0.1) is 6.54 Å². The van der Waals surface area contributed by atoms with Gasteiger partial charge >= 0.3 is 0 Å². The third-order valence-corrected chi connectivity index (χ3v) is 5.31. The fraction of sp³-hybridized carbons (Fsp3) is 0.643. The smallest absolute Gasteiger partial charge is 0.238 e. The number of carbonyl (C=O) groups excluding carboxylic acids is 1. The Morgan fingerprint density at radius 2 is 2.39 bits per heavy atom. The number of hydrogen-bond acceptors (Lipinski definition) is 3. The summed E-state index contributed by atoms with van der Waals surface area (Å²) in [5.74, 6) is 0.255. The summed E-state index contributed by atoms with van der Waals surface area (Å²) >= 11 is 1.70. The Kier molecular flexibility index (Phi) is 3.16. The van der Waals surface area contributed by atoms with Crippen molar-refractivity contribution in [3.05, 3.63) is 22.4 Å². The van der Waals surface area contributed by atoms with E-state index in [-0.39, 0.29) is 12.1 Å². The summed E-state index contributed by atoms with van der Waals surface area (Å²) < 4.78 is 0. The van der Waals surface area contributed by atoms with E-state index >= 15 is 0 Å². The maximum Gasteiger partial charge on any atom is 0.238 e. The van der Waals surface area contributed by atoms with Crippen LogP contribution in [-0.4, -0.2) is 23.9 Å². The molecule has 0 bridgehead atoms. The van der Waals surface area contributed by atoms with Crippen molar-refractivity contribution in [2.24, 2.45) is 5.41 Å². The zero-order chi connectivity index (χ0) is 12.6. The highest BCUT2D eigenvalue weighted by Crippen LogP contribution is 2.45. The van der Waals surface area contributed by atoms with Gasteiger partial charge in [-0.05, 0) is 47.1 Å². The first-order chi connectivity index (χ1) is 8.74. The number of amides is 1. The fourth-order valence-electron chi connectivity index (χ4n) is 3.11. The average molecular weight is 264 g/mol. The Bertz CT molecular complexity index is 420. The highest BCUT2D eigenvalue weighted by atomic mass is 32.1. The van der Waals surface area contributed by atoms with Gasteiger partial charge in [0.2, 0.25) is 5.91 Å². The van der Waals surface area contributed by atoms with E-state index in [1.165, 1.54) is 31.2 Å². The molecule has 3 rings (SSSR count). The second-order valence-electron chi connectivity index (χ2n) is 5.57. The maximum atomic E-state index is 12.1. The molecule has 1 amide bonds. The first-order valence-electron chi connectivity index (χ1n) is 6.79. The molecule has 1 unspecified atom stereocenters. The minimum atomic E-state index is 0.104. The SMILES string of the molecule is CCC1(CN2C(=O)CNC2c2ccsc2)CCC1. The number of hydrogen-bond donors (Lipinski definition) is 1. The van der Waals surface area contributed by atoms with Gasteiger partial charge in [0.15, 0.2) is 0 Å². The minimum absolute atomic E-state index is 0.104. The molecule has 1 aliphatic heterocycles. The predicted octanol–water partition coefficient (Wildman–Crippen LogP) is 2.76. The topological polar surface area (TPSA) is 32.3 Å². The van der Waals surface area contributed by atoms with E-state index in [0.717, 1.165) is 6.54 Å². The Morgan fingerprint density at radius 3 is 2.94 bits per heavy atom. The molecule has 0 aromatic carbocycles. The minimum Gasteiger partial charge on any atom is -0.321 e. The largest absolute Gasteiger partial charge is 0.321 e. The Morgan fingerprint density at radius 1 is 1.56 bits per heavy atom. The molecule has 1 saturated heterocycles. The normalized spacial score (nSPS) is 26.4. The maximum absolute atomic E-state index is 12.1. The van der Waals surface area contributed by atoms with Crippen molar-refractivity contribution < 1.29 is 4.79 Å². The van der Waals surface area contributed by atoms with Crippen LogP contribution in [-0.2, 0) is 4.79 Å². The summed E-state index contributed by atoms with van der Waals surface area (Å²) in [6.45, 7) is 3.67. The molecule has 1 aromatic rings. The second-order valence-corrected chi connectivity index (χ2v) is 6.35. The van der Waals surface area contributed by atoms with Gasteiger partial charge in [-0.15, -0.1) is 0 Å². The van der Waals surface area contributed by atoms with Gasteiger partial charge in [-0.3, -0.25) is 10.1 Å². The summed E-state index contributed by atoms with van der Waals surface area (Å²) in [4.78, 5) is 14.1. The molecule has 2 aliphatic rings. The van der Waals surface area contributed by atoms with Crippen LogP contribution in [0.1, 0.15) is 44.3 Å². The summed E-state index contributed by atoms with van der Waals surface area (Å²) in [5, 5.41) is 7.56. The number of rotatable bonds is 4. The molecule has 4 heteroatoms. The summed E-state index contributed by atoms with van der Waals surface area (Å²) in [7, 11) is 0. The zero-order valence-electron chi connectivity index (χ0n) is 10.8. The molecule has 1 saturated carbocycles. The van der Waals surface area contributed by atoms with Crippen LogP contribution in [0.5, 0.6) is 0 Å². The molecular weight excluding hydrogens is 244 g/mol. The molecule has 98 valence electrons. The predicted molar refractivity (Wildman–Crippen MR) is 73.4 cm³/mol. The van der Waals surface area contributed by atoms with Crippen LogP contribution in [0.15, 0.2) is 16.8 Å². The van der Waals surface area contributed by atoms with Crippen LogP contribution in [0.2, 0.25) is 0 Å². The van der Waals surface area contributed by atoms with E-state index in [1.807, 2.05) is 0 Å². The van der Waals surface area contributed by atoms with Crippen LogP contribution in [0.3, 0.4) is 0 Å². The van der Waals surface area contributed by atoms with Crippen LogP contribution >= 0.6 is 11.3 Å². The van der Waals surface area contributed by atoms with Gasteiger partial charge in [0.1, 0.15) is 6.17 Å². The standard InChI is InChI=1S/C14H20N2OS/c1-2-14(5-3-6-14)10-16-12(17)8-15-13(16)11-4-7-18-9-11/h4,7,9,13,15H,2-3,5-6,8,10H2,1H3. The summed E-state index contributed by atoms with van der Waals surface area (Å²) in [5.41, 5.74) is 1.63. The van der Waals surface area contributed by atoms with E-state index in [4.69, 9.17) is 0 Å². The van der Waals surface area contributed by atoms with Crippen LogP contribution in [0.25, 0.3) is 0 Å². The molecule has 1 N–H and O–H groups in total. The molecule has 1 atom stereocenters. The number of nitrogens with zero attached hydrogens (tertiary/aromatic N) is 1. The Labute approximate surface area is 112 Å². The van der Waals surface area contributed by atoms with E-state index < -0.39 is 0 Å². The van der Waals surface area contributed by atoms with Crippen molar-refractivity contribution in [3.8, 4) is 0 Å². The zero-order valence-corrected chi connectivity index (χ0v) is 11.6. The summed E-state index contributed by atoms with van der Waals surface area (Å²) in [6.07, 6.45) is 5.18. The Hall–Kier alpha value is -0.870. The van der Waals surface area contributed by atoms with E-state index in [9.17, 15) is 4.79 Å². The number of thiophene rings is 1. The highest BCUT2D eigenvalue weighted by Gasteiger charge is 2.42. The van der Waals surface area contributed by atoms with E-state index in [2.05, 4.69) is 34.0 Å². The second kappa shape index (κ2) is 4.67. The molecule has 2 heterocycles. The van der Waals surface area contributed by atoms with Crippen molar-refractivity contribution >= 4 is 17.2 Å². The van der Waals surface area contributed by atoms with Crippen LogP contribution in [0, 0.1) is 5.41 Å². The van der Waals surface area contributed by atoms with Crippen LogP contribution in [0.4, 0.5) is 0 Å². The molecule has 0 spiro atoms. The molecule has 3 nitrogen and oxygen atoms in total. The van der Waals surface area contributed by atoms with Crippen molar-refractivity contribution in [3.63, 3.8) is 0 Å². The van der Waals surface area contributed by atoms with E-state index in [1.54, 1.807) is 11.3 Å². The van der Waals surface area contributed by atoms with Gasteiger partial charge in [-0.2, -0.15) is 11.3 Å². The van der Waals surface area contributed by atoms with Gasteiger partial charge in [-0.25, -0.2) is 0 Å². The van der Waals surface area contributed by atoms with Crippen molar-refractivity contribution in [1.82, 2.24) is 10.2 Å². The lowest BCUT2D eigenvalue weighted by Gasteiger charge is -2.45. The number of carbonyl (C=O) groups is 1. The lowest BCUT2D eigenvalue weighted by molar-refractivity contribution is -0.130. The van der Waals surface area contributed by atoms with Crippen molar-refractivity contribution in [2.75, 3.05) is 13.1 Å². The number of nitrogens with one attached hydrogen (secondary N) is 1. The summed E-state index contributed by atoms with van der Waals surface area (Å²) in [6, 6.07) is 2.12. The van der Waals surface area contributed by atoms with Crippen LogP contribution < -0.4 is 5.32 Å². The first kappa shape index (κ1) is 12.2. The van der Waals surface area contributed by atoms with Crippen molar-refractivity contribution in [2.45, 2.75) is 38.8 Å². The van der Waals surface area contributed by atoms with Gasteiger partial charge < -0.3 is 4.90 Å². The fourth-order valence-corrected chi connectivity index (χ4v) is 3.79.